The zero-order valence-electron chi connectivity index (χ0n) is 15.2. The summed E-state index contributed by atoms with van der Waals surface area (Å²) >= 11 is 1.23. The summed E-state index contributed by atoms with van der Waals surface area (Å²) in [4.78, 5) is 14.1. The molecule has 2 aromatic heterocycles. The third kappa shape index (κ3) is 4.62. The van der Waals surface area contributed by atoms with Crippen LogP contribution in [0.2, 0.25) is 0 Å². The smallest absolute Gasteiger partial charge is 0.233 e. The van der Waals surface area contributed by atoms with Gasteiger partial charge in [0.05, 0.1) is 18.6 Å². The monoisotopic (exact) mass is 387 g/mol. The molecule has 0 unspecified atom stereocenters. The number of nitrogens with two attached hydrogens (primary N) is 1. The normalized spacial score (nSPS) is 10.7. The van der Waals surface area contributed by atoms with E-state index in [2.05, 4.69) is 10.2 Å². The van der Waals surface area contributed by atoms with Gasteiger partial charge in [0, 0.05) is 13.6 Å². The highest BCUT2D eigenvalue weighted by molar-refractivity contribution is 7.99. The third-order valence-corrected chi connectivity index (χ3v) is 4.74. The van der Waals surface area contributed by atoms with Gasteiger partial charge in [0.2, 0.25) is 16.9 Å². The number of ether oxygens (including phenoxy) is 1. The van der Waals surface area contributed by atoms with E-state index in [4.69, 9.17) is 15.0 Å². The van der Waals surface area contributed by atoms with Crippen molar-refractivity contribution in [2.75, 3.05) is 25.3 Å². The van der Waals surface area contributed by atoms with Crippen LogP contribution in [0.5, 0.6) is 5.75 Å². The number of aromatic nitrogens is 3. The van der Waals surface area contributed by atoms with Gasteiger partial charge >= 0.3 is 0 Å². The molecule has 0 aliphatic carbocycles. The van der Waals surface area contributed by atoms with Crippen LogP contribution in [0.3, 0.4) is 0 Å². The van der Waals surface area contributed by atoms with E-state index in [9.17, 15) is 4.79 Å². The molecule has 0 aliphatic heterocycles. The van der Waals surface area contributed by atoms with E-state index in [1.54, 1.807) is 24.1 Å². The van der Waals surface area contributed by atoms with E-state index in [1.165, 1.54) is 22.7 Å². The summed E-state index contributed by atoms with van der Waals surface area (Å²) in [6.45, 7) is 3.08. The first-order valence-corrected chi connectivity index (χ1v) is 9.40. The summed E-state index contributed by atoms with van der Waals surface area (Å²) in [5.41, 5.74) is 1.03. The molecule has 2 N–H and O–H groups in total. The maximum Gasteiger partial charge on any atom is 0.233 e. The fourth-order valence-electron chi connectivity index (χ4n) is 2.41. The predicted molar refractivity (Wildman–Crippen MR) is 103 cm³/mol. The molecule has 0 aliphatic rings. The number of furan rings is 1. The van der Waals surface area contributed by atoms with Gasteiger partial charge in [-0.2, -0.15) is 0 Å². The highest BCUT2D eigenvalue weighted by Gasteiger charge is 2.17. The summed E-state index contributed by atoms with van der Waals surface area (Å²) in [6, 6.07) is 11.2. The van der Waals surface area contributed by atoms with Gasteiger partial charge in [0.15, 0.2) is 5.76 Å². The van der Waals surface area contributed by atoms with Crippen LogP contribution in [0.25, 0.3) is 11.6 Å². The molecule has 1 amide bonds. The van der Waals surface area contributed by atoms with Crippen LogP contribution in [0.1, 0.15) is 12.5 Å². The molecule has 0 radical (unpaired) electrons. The lowest BCUT2D eigenvalue weighted by Crippen LogP contribution is -2.28. The summed E-state index contributed by atoms with van der Waals surface area (Å²) in [5.74, 6) is 7.93. The molecule has 3 aromatic rings. The second kappa shape index (κ2) is 8.63. The van der Waals surface area contributed by atoms with E-state index in [0.717, 1.165) is 11.3 Å². The van der Waals surface area contributed by atoms with Crippen LogP contribution >= 0.6 is 11.8 Å². The number of rotatable bonds is 8. The largest absolute Gasteiger partial charge is 0.494 e. The SMILES string of the molecule is CCOc1ccc(CN(C)C(=O)CSc2nnc(-c3ccco3)n2N)cc1. The fraction of sp³-hybridized carbons (Fsp3) is 0.278. The first-order valence-electron chi connectivity index (χ1n) is 8.41. The number of thioether (sulfide) groups is 1. The lowest BCUT2D eigenvalue weighted by Gasteiger charge is -2.17. The Balaban J connectivity index is 1.54. The Hall–Kier alpha value is -2.94. The highest BCUT2D eigenvalue weighted by Crippen LogP contribution is 2.22. The highest BCUT2D eigenvalue weighted by atomic mass is 32.2. The minimum Gasteiger partial charge on any atom is -0.494 e. The predicted octanol–water partition coefficient (Wildman–Crippen LogP) is 2.40. The number of carbonyl (C=O) groups excluding carboxylic acids is 1. The molecule has 27 heavy (non-hydrogen) atoms. The minimum atomic E-state index is -0.0311. The quantitative estimate of drug-likeness (QED) is 0.468. The van der Waals surface area contributed by atoms with Crippen molar-refractivity contribution >= 4 is 17.7 Å². The Morgan fingerprint density at radius 3 is 2.74 bits per heavy atom. The van der Waals surface area contributed by atoms with Crippen molar-refractivity contribution in [1.29, 1.82) is 0 Å². The van der Waals surface area contributed by atoms with Crippen molar-refractivity contribution in [2.45, 2.75) is 18.6 Å². The van der Waals surface area contributed by atoms with Gasteiger partial charge in [0.1, 0.15) is 5.75 Å². The van der Waals surface area contributed by atoms with Crippen LogP contribution < -0.4 is 10.6 Å². The molecular weight excluding hydrogens is 366 g/mol. The molecule has 0 saturated heterocycles. The molecule has 8 nitrogen and oxygen atoms in total. The second-order valence-corrected chi connectivity index (χ2v) is 6.71. The van der Waals surface area contributed by atoms with E-state index < -0.39 is 0 Å². The molecule has 0 saturated carbocycles. The van der Waals surface area contributed by atoms with Crippen LogP contribution in [0.15, 0.2) is 52.2 Å². The Morgan fingerprint density at radius 2 is 2.07 bits per heavy atom. The van der Waals surface area contributed by atoms with Gasteiger partial charge in [-0.15, -0.1) is 10.2 Å². The van der Waals surface area contributed by atoms with Gasteiger partial charge in [-0.3, -0.25) is 4.79 Å². The van der Waals surface area contributed by atoms with Crippen molar-refractivity contribution in [2.24, 2.45) is 0 Å². The average Bonchev–Trinajstić information content (AvgIpc) is 3.31. The number of benzene rings is 1. The van der Waals surface area contributed by atoms with Crippen LogP contribution in [-0.4, -0.2) is 45.1 Å². The Bertz CT molecular complexity index is 877. The van der Waals surface area contributed by atoms with Crippen molar-refractivity contribution in [3.8, 4) is 17.3 Å². The minimum absolute atomic E-state index is 0.0311. The van der Waals surface area contributed by atoms with Crippen LogP contribution in [-0.2, 0) is 11.3 Å². The molecule has 0 atom stereocenters. The van der Waals surface area contributed by atoms with Crippen molar-refractivity contribution in [1.82, 2.24) is 19.8 Å². The maximum atomic E-state index is 12.4. The Kier molecular flexibility index (Phi) is 6.02. The number of hydrogen-bond donors (Lipinski definition) is 1. The molecule has 1 aromatic carbocycles. The van der Waals surface area contributed by atoms with Crippen LogP contribution in [0.4, 0.5) is 0 Å². The van der Waals surface area contributed by atoms with Gasteiger partial charge in [0.25, 0.3) is 0 Å². The molecule has 3 rings (SSSR count). The molecule has 0 bridgehead atoms. The Morgan fingerprint density at radius 1 is 1.30 bits per heavy atom. The zero-order valence-corrected chi connectivity index (χ0v) is 16.0. The third-order valence-electron chi connectivity index (χ3n) is 3.81. The summed E-state index contributed by atoms with van der Waals surface area (Å²) < 4.78 is 12.0. The second-order valence-electron chi connectivity index (χ2n) is 5.77. The average molecular weight is 387 g/mol. The van der Waals surface area contributed by atoms with E-state index in [-0.39, 0.29) is 11.7 Å². The molecule has 2 heterocycles. The summed E-state index contributed by atoms with van der Waals surface area (Å²) in [6.07, 6.45) is 1.54. The molecule has 142 valence electrons. The van der Waals surface area contributed by atoms with Gasteiger partial charge in [-0.05, 0) is 36.8 Å². The number of amides is 1. The standard InChI is InChI=1S/C18H21N5O3S/c1-3-25-14-8-6-13(7-9-14)11-22(2)16(24)12-27-18-21-20-17(23(18)19)15-5-4-10-26-15/h4-10H,3,11-12,19H2,1-2H3. The van der Waals surface area contributed by atoms with E-state index in [1.807, 2.05) is 31.2 Å². The van der Waals surface area contributed by atoms with Gasteiger partial charge < -0.3 is 19.9 Å². The topological polar surface area (TPSA) is 99.4 Å². The Labute approximate surface area is 161 Å². The summed E-state index contributed by atoms with van der Waals surface area (Å²) in [5, 5.41) is 8.48. The maximum absolute atomic E-state index is 12.4. The molecule has 9 heteroatoms. The molecular formula is C18H21N5O3S. The van der Waals surface area contributed by atoms with Gasteiger partial charge in [-0.1, -0.05) is 23.9 Å². The van der Waals surface area contributed by atoms with E-state index in [0.29, 0.717) is 29.9 Å². The first-order chi connectivity index (χ1) is 13.1. The molecule has 0 spiro atoms. The lowest BCUT2D eigenvalue weighted by atomic mass is 10.2. The van der Waals surface area contributed by atoms with Crippen molar-refractivity contribution in [3.05, 3.63) is 48.2 Å². The zero-order chi connectivity index (χ0) is 19.2. The van der Waals surface area contributed by atoms with Gasteiger partial charge in [-0.25, -0.2) is 4.68 Å². The fourth-order valence-corrected chi connectivity index (χ4v) is 3.20. The van der Waals surface area contributed by atoms with Crippen molar-refractivity contribution < 1.29 is 13.9 Å². The van der Waals surface area contributed by atoms with E-state index >= 15 is 0 Å². The number of nitrogens with zero attached hydrogens (tertiary/aromatic N) is 4. The number of nitrogen functional groups attached to an aromatic ring is 1. The summed E-state index contributed by atoms with van der Waals surface area (Å²) in [7, 11) is 1.76. The van der Waals surface area contributed by atoms with Crippen LogP contribution in [0, 0.1) is 0 Å². The number of carbonyl (C=O) groups is 1. The first kappa shape index (κ1) is 18.8. The lowest BCUT2D eigenvalue weighted by molar-refractivity contribution is -0.127. The number of hydrogen-bond acceptors (Lipinski definition) is 7. The van der Waals surface area contributed by atoms with Crippen molar-refractivity contribution in [3.63, 3.8) is 0 Å². The molecule has 0 fully saturated rings.